The molecule has 1 aliphatic heterocycles. The van der Waals surface area contributed by atoms with Crippen molar-refractivity contribution < 1.29 is 22.5 Å². The molecule has 0 bridgehead atoms. The zero-order valence-corrected chi connectivity index (χ0v) is 17.9. The fraction of sp³-hybridized carbons (Fsp3) is 0.174. The number of rotatable bonds is 5. The number of hydrogen-bond donors (Lipinski definition) is 1. The minimum atomic E-state index is -4.69. The lowest BCUT2D eigenvalue weighted by atomic mass is 10.0. The van der Waals surface area contributed by atoms with Gasteiger partial charge in [0.25, 0.3) is 0 Å². The number of alkyl halides is 3. The lowest BCUT2D eigenvalue weighted by Crippen LogP contribution is -2.48. The van der Waals surface area contributed by atoms with Crippen molar-refractivity contribution in [2.24, 2.45) is 0 Å². The van der Waals surface area contributed by atoms with Crippen LogP contribution in [0.2, 0.25) is 0 Å². The van der Waals surface area contributed by atoms with Crippen LogP contribution in [0.1, 0.15) is 16.3 Å². The van der Waals surface area contributed by atoms with E-state index in [-0.39, 0.29) is 11.7 Å². The van der Waals surface area contributed by atoms with E-state index < -0.39 is 18.1 Å². The first-order chi connectivity index (χ1) is 15.9. The van der Waals surface area contributed by atoms with Gasteiger partial charge in [0.05, 0.1) is 11.4 Å². The van der Waals surface area contributed by atoms with E-state index in [1.807, 2.05) is 41.8 Å². The fourth-order valence-corrected chi connectivity index (χ4v) is 4.53. The lowest BCUT2D eigenvalue weighted by molar-refractivity contribution is -0.159. The summed E-state index contributed by atoms with van der Waals surface area (Å²) in [4.78, 5) is 19.5. The summed E-state index contributed by atoms with van der Waals surface area (Å²) in [5.41, 5.74) is 2.95. The van der Waals surface area contributed by atoms with Gasteiger partial charge in [-0.1, -0.05) is 47.6 Å². The number of nitrogens with one attached hydrogen (secondary N) is 1. The molecule has 0 radical (unpaired) electrons. The van der Waals surface area contributed by atoms with Gasteiger partial charge in [-0.05, 0) is 29.1 Å². The number of carbonyl (C=O) groups excluding carboxylic acids is 1. The maximum atomic E-state index is 12.9. The lowest BCUT2D eigenvalue weighted by Gasteiger charge is -2.38. The van der Waals surface area contributed by atoms with Crippen LogP contribution in [-0.2, 0) is 23.9 Å². The monoisotopic (exact) mass is 470 g/mol. The molecule has 0 saturated carbocycles. The Morgan fingerprint density at radius 1 is 1.06 bits per heavy atom. The Morgan fingerprint density at radius 2 is 1.85 bits per heavy atom. The van der Waals surface area contributed by atoms with Gasteiger partial charge in [-0.15, -0.1) is 11.3 Å². The van der Waals surface area contributed by atoms with E-state index in [1.54, 1.807) is 35.6 Å². The molecule has 10 heteroatoms. The minimum absolute atomic E-state index is 0.0785. The SMILES string of the molecule is O=C1Nc2ccccc2N(Cc2ccc(-c3noc(C(F)(F)F)n3)cc2)C1Cc1cccs1. The maximum absolute atomic E-state index is 12.9. The van der Waals surface area contributed by atoms with E-state index in [2.05, 4.69) is 24.9 Å². The Morgan fingerprint density at radius 3 is 2.55 bits per heavy atom. The highest BCUT2D eigenvalue weighted by molar-refractivity contribution is 7.09. The molecular formula is C23H17F3N4O2S. The van der Waals surface area contributed by atoms with Crippen LogP contribution in [0.5, 0.6) is 0 Å². The van der Waals surface area contributed by atoms with E-state index in [9.17, 15) is 18.0 Å². The predicted molar refractivity (Wildman–Crippen MR) is 118 cm³/mol. The number of fused-ring (bicyclic) bond motifs is 1. The second-order valence-electron chi connectivity index (χ2n) is 7.55. The number of amides is 1. The van der Waals surface area contributed by atoms with Crippen LogP contribution in [0.15, 0.2) is 70.6 Å². The highest BCUT2D eigenvalue weighted by Crippen LogP contribution is 2.35. The molecule has 2 aromatic heterocycles. The Labute approximate surface area is 190 Å². The van der Waals surface area contributed by atoms with Gasteiger partial charge in [0.1, 0.15) is 6.04 Å². The number of thiophene rings is 1. The first kappa shape index (κ1) is 21.2. The Balaban J connectivity index is 1.42. The third-order valence-corrected chi connectivity index (χ3v) is 6.26. The Kier molecular flexibility index (Phi) is 5.37. The van der Waals surface area contributed by atoms with Gasteiger partial charge in [0.15, 0.2) is 0 Å². The van der Waals surface area contributed by atoms with Gasteiger partial charge in [-0.3, -0.25) is 4.79 Å². The second-order valence-corrected chi connectivity index (χ2v) is 8.58. The van der Waals surface area contributed by atoms with E-state index in [4.69, 9.17) is 0 Å². The van der Waals surface area contributed by atoms with Crippen molar-refractivity contribution >= 4 is 28.6 Å². The van der Waals surface area contributed by atoms with E-state index in [0.717, 1.165) is 21.8 Å². The highest BCUT2D eigenvalue weighted by Gasteiger charge is 2.38. The summed E-state index contributed by atoms with van der Waals surface area (Å²) in [5, 5.41) is 8.39. The second kappa shape index (κ2) is 8.36. The van der Waals surface area contributed by atoms with Crippen molar-refractivity contribution in [1.82, 2.24) is 10.1 Å². The normalized spacial score (nSPS) is 15.9. The molecule has 0 saturated heterocycles. The fourth-order valence-electron chi connectivity index (χ4n) is 3.78. The number of carbonyl (C=O) groups is 1. The number of anilines is 2. The van der Waals surface area contributed by atoms with Crippen LogP contribution >= 0.6 is 11.3 Å². The Bertz CT molecular complexity index is 1270. The van der Waals surface area contributed by atoms with Crippen molar-refractivity contribution in [3.63, 3.8) is 0 Å². The van der Waals surface area contributed by atoms with E-state index in [1.165, 1.54) is 0 Å². The molecule has 3 heterocycles. The molecule has 1 amide bonds. The molecule has 168 valence electrons. The average molecular weight is 470 g/mol. The summed E-state index contributed by atoms with van der Waals surface area (Å²) in [7, 11) is 0. The van der Waals surface area contributed by atoms with Crippen molar-refractivity contribution in [3.05, 3.63) is 82.4 Å². The third kappa shape index (κ3) is 4.34. The number of nitrogens with zero attached hydrogens (tertiary/aromatic N) is 3. The van der Waals surface area contributed by atoms with Crippen molar-refractivity contribution in [2.45, 2.75) is 25.2 Å². The average Bonchev–Trinajstić information content (AvgIpc) is 3.49. The number of aromatic nitrogens is 2. The number of para-hydroxylation sites is 2. The molecule has 1 aliphatic rings. The molecule has 5 rings (SSSR count). The summed E-state index contributed by atoms with van der Waals surface area (Å²) >= 11 is 1.60. The zero-order chi connectivity index (χ0) is 23.0. The van der Waals surface area contributed by atoms with Gasteiger partial charge in [0.2, 0.25) is 11.7 Å². The summed E-state index contributed by atoms with van der Waals surface area (Å²) in [6.45, 7) is 0.445. The van der Waals surface area contributed by atoms with Crippen molar-refractivity contribution in [3.8, 4) is 11.4 Å². The summed E-state index contributed by atoms with van der Waals surface area (Å²) in [6.07, 6.45) is -4.12. The first-order valence-corrected chi connectivity index (χ1v) is 11.0. The standard InChI is InChI=1S/C23H17F3N4O2S/c24-23(25,26)22-28-20(29-32-22)15-9-7-14(8-10-15)13-30-18-6-2-1-5-17(18)27-21(31)19(30)12-16-4-3-11-33-16/h1-11,19H,12-13H2,(H,27,31). The van der Waals surface area contributed by atoms with Gasteiger partial charge in [0, 0.05) is 23.4 Å². The molecule has 1 atom stereocenters. The van der Waals surface area contributed by atoms with Crippen LogP contribution in [0.25, 0.3) is 11.4 Å². The molecular weight excluding hydrogens is 453 g/mol. The molecule has 0 aliphatic carbocycles. The Hall–Kier alpha value is -3.66. The van der Waals surface area contributed by atoms with Crippen molar-refractivity contribution in [1.29, 1.82) is 0 Å². The molecule has 33 heavy (non-hydrogen) atoms. The van der Waals surface area contributed by atoms with Crippen LogP contribution in [0.3, 0.4) is 0 Å². The molecule has 4 aromatic rings. The van der Waals surface area contributed by atoms with E-state index >= 15 is 0 Å². The number of hydrogen-bond acceptors (Lipinski definition) is 6. The zero-order valence-electron chi connectivity index (χ0n) is 17.0. The van der Waals surface area contributed by atoms with Crippen LogP contribution < -0.4 is 10.2 Å². The topological polar surface area (TPSA) is 71.3 Å². The van der Waals surface area contributed by atoms with Crippen LogP contribution in [0.4, 0.5) is 24.5 Å². The quantitative estimate of drug-likeness (QED) is 0.424. The van der Waals surface area contributed by atoms with E-state index in [0.29, 0.717) is 18.5 Å². The third-order valence-electron chi connectivity index (χ3n) is 5.36. The van der Waals surface area contributed by atoms with Crippen molar-refractivity contribution in [2.75, 3.05) is 10.2 Å². The molecule has 0 fully saturated rings. The smallest absolute Gasteiger partial charge is 0.353 e. The predicted octanol–water partition coefficient (Wildman–Crippen LogP) is 5.39. The number of benzene rings is 2. The first-order valence-electron chi connectivity index (χ1n) is 10.1. The maximum Gasteiger partial charge on any atom is 0.471 e. The highest BCUT2D eigenvalue weighted by atomic mass is 32.1. The molecule has 1 unspecified atom stereocenters. The van der Waals surface area contributed by atoms with Gasteiger partial charge >= 0.3 is 12.1 Å². The molecule has 2 aromatic carbocycles. The minimum Gasteiger partial charge on any atom is -0.353 e. The van der Waals surface area contributed by atoms with Gasteiger partial charge in [-0.2, -0.15) is 18.2 Å². The van der Waals surface area contributed by atoms with Crippen LogP contribution in [0, 0.1) is 0 Å². The van der Waals surface area contributed by atoms with Crippen LogP contribution in [-0.4, -0.2) is 22.1 Å². The molecule has 6 nitrogen and oxygen atoms in total. The summed E-state index contributed by atoms with van der Waals surface area (Å²) < 4.78 is 42.5. The van der Waals surface area contributed by atoms with Gasteiger partial charge < -0.3 is 14.7 Å². The van der Waals surface area contributed by atoms with Gasteiger partial charge in [-0.25, -0.2) is 0 Å². The summed E-state index contributed by atoms with van der Waals surface area (Å²) in [5.74, 6) is -1.59. The molecule has 1 N–H and O–H groups in total. The number of halogens is 3. The largest absolute Gasteiger partial charge is 0.471 e. The molecule has 0 spiro atoms. The summed E-state index contributed by atoms with van der Waals surface area (Å²) in [6, 6.07) is 18.0.